The second-order valence-electron chi connectivity index (χ2n) is 5.33. The Kier molecular flexibility index (Phi) is 6.63. The molecule has 0 fully saturated rings. The summed E-state index contributed by atoms with van der Waals surface area (Å²) in [6.07, 6.45) is 0. The van der Waals surface area contributed by atoms with Gasteiger partial charge in [0.1, 0.15) is 11.4 Å². The zero-order valence-corrected chi connectivity index (χ0v) is 15.0. The second-order valence-corrected chi connectivity index (χ2v) is 5.33. The standard InChI is InChI=1S/C18H16N2O8/c1-26-13-7-8-14(15(9-13)20(24)25)19-16(21)10-28-18(23)12-5-3-11(4-6-12)17(22)27-2/h3-9H,10H2,1-2H3,(H,19,21). The van der Waals surface area contributed by atoms with Gasteiger partial charge in [0.15, 0.2) is 6.61 Å². The highest BCUT2D eigenvalue weighted by Crippen LogP contribution is 2.28. The lowest BCUT2D eigenvalue weighted by molar-refractivity contribution is -0.384. The van der Waals surface area contributed by atoms with Crippen molar-refractivity contribution in [2.24, 2.45) is 0 Å². The molecule has 0 atom stereocenters. The lowest BCUT2D eigenvalue weighted by atomic mass is 10.1. The number of hydrogen-bond acceptors (Lipinski definition) is 8. The molecule has 0 aliphatic rings. The highest BCUT2D eigenvalue weighted by atomic mass is 16.6. The second kappa shape index (κ2) is 9.12. The van der Waals surface area contributed by atoms with E-state index in [0.29, 0.717) is 0 Å². The first-order valence-corrected chi connectivity index (χ1v) is 7.83. The predicted octanol–water partition coefficient (Wildman–Crippen LogP) is 2.19. The quantitative estimate of drug-likeness (QED) is 0.433. The molecule has 10 heteroatoms. The third kappa shape index (κ3) is 5.04. The Balaban J connectivity index is 1.98. The van der Waals surface area contributed by atoms with Gasteiger partial charge in [-0.1, -0.05) is 0 Å². The summed E-state index contributed by atoms with van der Waals surface area (Å²) in [6, 6.07) is 9.36. The highest BCUT2D eigenvalue weighted by Gasteiger charge is 2.18. The van der Waals surface area contributed by atoms with Crippen molar-refractivity contribution in [1.82, 2.24) is 0 Å². The molecule has 10 nitrogen and oxygen atoms in total. The van der Waals surface area contributed by atoms with Crippen LogP contribution >= 0.6 is 0 Å². The fourth-order valence-electron chi connectivity index (χ4n) is 2.16. The molecule has 0 bridgehead atoms. The maximum absolute atomic E-state index is 12.0. The average molecular weight is 388 g/mol. The monoisotopic (exact) mass is 388 g/mol. The van der Waals surface area contributed by atoms with Crippen LogP contribution in [0.5, 0.6) is 5.75 Å². The summed E-state index contributed by atoms with van der Waals surface area (Å²) in [6.45, 7) is -0.652. The van der Waals surface area contributed by atoms with Crippen LogP contribution in [0, 0.1) is 10.1 Å². The number of ether oxygens (including phenoxy) is 3. The molecular formula is C18H16N2O8. The molecule has 2 aromatic carbocycles. The minimum absolute atomic E-state index is 0.0609. The summed E-state index contributed by atoms with van der Waals surface area (Å²) >= 11 is 0. The van der Waals surface area contributed by atoms with E-state index in [1.54, 1.807) is 0 Å². The van der Waals surface area contributed by atoms with Crippen molar-refractivity contribution >= 4 is 29.2 Å². The number of carbonyl (C=O) groups excluding carboxylic acids is 3. The maximum atomic E-state index is 12.0. The van der Waals surface area contributed by atoms with Gasteiger partial charge in [0.05, 0.1) is 36.3 Å². The molecule has 0 aliphatic carbocycles. The van der Waals surface area contributed by atoms with E-state index in [4.69, 9.17) is 9.47 Å². The summed E-state index contributed by atoms with van der Waals surface area (Å²) in [5, 5.41) is 13.4. The fourth-order valence-corrected chi connectivity index (χ4v) is 2.16. The number of hydrogen-bond donors (Lipinski definition) is 1. The Morgan fingerprint density at radius 2 is 1.61 bits per heavy atom. The number of rotatable bonds is 7. The SMILES string of the molecule is COC(=O)c1ccc(C(=O)OCC(=O)Nc2ccc(OC)cc2[N+](=O)[O-])cc1. The Hall–Kier alpha value is -3.95. The minimum atomic E-state index is -0.796. The molecule has 1 N–H and O–H groups in total. The third-order valence-electron chi connectivity index (χ3n) is 3.55. The van der Waals surface area contributed by atoms with Gasteiger partial charge in [-0.3, -0.25) is 14.9 Å². The normalized spacial score (nSPS) is 9.93. The molecule has 0 unspecified atom stereocenters. The number of benzene rings is 2. The van der Waals surface area contributed by atoms with Crippen molar-refractivity contribution in [3.05, 3.63) is 63.7 Å². The summed E-state index contributed by atoms with van der Waals surface area (Å²) in [4.78, 5) is 45.7. The topological polar surface area (TPSA) is 134 Å². The van der Waals surface area contributed by atoms with Crippen molar-refractivity contribution in [2.45, 2.75) is 0 Å². The zero-order valence-electron chi connectivity index (χ0n) is 15.0. The van der Waals surface area contributed by atoms with Crippen LogP contribution in [0.2, 0.25) is 0 Å². The van der Waals surface area contributed by atoms with Crippen LogP contribution in [-0.4, -0.2) is 43.6 Å². The van der Waals surface area contributed by atoms with E-state index in [-0.39, 0.29) is 28.3 Å². The van der Waals surface area contributed by atoms with Crippen molar-refractivity contribution in [2.75, 3.05) is 26.1 Å². The van der Waals surface area contributed by atoms with Crippen LogP contribution in [0.15, 0.2) is 42.5 Å². The number of nitro groups is 1. The van der Waals surface area contributed by atoms with Gasteiger partial charge < -0.3 is 19.5 Å². The third-order valence-corrected chi connectivity index (χ3v) is 3.55. The maximum Gasteiger partial charge on any atom is 0.338 e. The number of methoxy groups -OCH3 is 2. The Bertz CT molecular complexity index is 908. The van der Waals surface area contributed by atoms with E-state index in [2.05, 4.69) is 10.1 Å². The van der Waals surface area contributed by atoms with Gasteiger partial charge in [-0.15, -0.1) is 0 Å². The number of amides is 1. The largest absolute Gasteiger partial charge is 0.496 e. The summed E-state index contributed by atoms with van der Waals surface area (Å²) in [5.74, 6) is -1.85. The molecular weight excluding hydrogens is 372 g/mol. The van der Waals surface area contributed by atoms with Gasteiger partial charge >= 0.3 is 11.9 Å². The smallest absolute Gasteiger partial charge is 0.338 e. The van der Waals surface area contributed by atoms with Crippen LogP contribution in [0.25, 0.3) is 0 Å². The summed E-state index contributed by atoms with van der Waals surface area (Å²) < 4.78 is 14.3. The Morgan fingerprint density at radius 1 is 1.00 bits per heavy atom. The summed E-state index contributed by atoms with van der Waals surface area (Å²) in [7, 11) is 2.59. The van der Waals surface area contributed by atoms with Gasteiger partial charge in [0.2, 0.25) is 0 Å². The number of nitrogens with zero attached hydrogens (tertiary/aromatic N) is 1. The molecule has 0 aliphatic heterocycles. The van der Waals surface area contributed by atoms with Crippen LogP contribution in [0.4, 0.5) is 11.4 Å². The van der Waals surface area contributed by atoms with E-state index in [0.717, 1.165) is 6.07 Å². The molecule has 0 aromatic heterocycles. The number of esters is 2. The molecule has 2 aromatic rings. The van der Waals surface area contributed by atoms with E-state index in [1.807, 2.05) is 0 Å². The number of nitro benzene ring substituents is 1. The van der Waals surface area contributed by atoms with Crippen molar-refractivity contribution < 1.29 is 33.5 Å². The predicted molar refractivity (Wildman–Crippen MR) is 96.3 cm³/mol. The van der Waals surface area contributed by atoms with Gasteiger partial charge in [-0.05, 0) is 36.4 Å². The highest BCUT2D eigenvalue weighted by molar-refractivity contribution is 5.97. The lowest BCUT2D eigenvalue weighted by Crippen LogP contribution is -2.21. The fraction of sp³-hybridized carbons (Fsp3) is 0.167. The first-order valence-electron chi connectivity index (χ1n) is 7.83. The van der Waals surface area contributed by atoms with E-state index in [9.17, 15) is 24.5 Å². The molecule has 0 saturated carbocycles. The molecule has 146 valence electrons. The molecule has 0 spiro atoms. The van der Waals surface area contributed by atoms with Gasteiger partial charge in [0, 0.05) is 0 Å². The number of anilines is 1. The molecule has 0 saturated heterocycles. The molecule has 2 rings (SSSR count). The summed E-state index contributed by atoms with van der Waals surface area (Å²) in [5.41, 5.74) is -0.0498. The van der Waals surface area contributed by atoms with Gasteiger partial charge in [-0.25, -0.2) is 9.59 Å². The van der Waals surface area contributed by atoms with Crippen LogP contribution < -0.4 is 10.1 Å². The number of carbonyl (C=O) groups is 3. The van der Waals surface area contributed by atoms with Crippen LogP contribution in [0.1, 0.15) is 20.7 Å². The molecule has 0 heterocycles. The van der Waals surface area contributed by atoms with Crippen LogP contribution in [-0.2, 0) is 14.3 Å². The van der Waals surface area contributed by atoms with E-state index >= 15 is 0 Å². The first-order chi connectivity index (χ1) is 13.3. The van der Waals surface area contributed by atoms with Crippen molar-refractivity contribution in [3.63, 3.8) is 0 Å². The van der Waals surface area contributed by atoms with Crippen molar-refractivity contribution in [3.8, 4) is 5.75 Å². The minimum Gasteiger partial charge on any atom is -0.496 e. The Morgan fingerprint density at radius 3 is 2.14 bits per heavy atom. The molecule has 0 radical (unpaired) electrons. The van der Waals surface area contributed by atoms with E-state index in [1.165, 1.54) is 50.6 Å². The number of nitrogens with one attached hydrogen (secondary N) is 1. The molecule has 28 heavy (non-hydrogen) atoms. The average Bonchev–Trinajstić information content (AvgIpc) is 2.71. The molecule has 1 amide bonds. The van der Waals surface area contributed by atoms with Gasteiger partial charge in [-0.2, -0.15) is 0 Å². The van der Waals surface area contributed by atoms with E-state index < -0.39 is 29.4 Å². The zero-order chi connectivity index (χ0) is 20.7. The van der Waals surface area contributed by atoms with Crippen molar-refractivity contribution in [1.29, 1.82) is 0 Å². The van der Waals surface area contributed by atoms with Gasteiger partial charge in [0.25, 0.3) is 11.6 Å². The van der Waals surface area contributed by atoms with Crippen LogP contribution in [0.3, 0.4) is 0 Å². The lowest BCUT2D eigenvalue weighted by Gasteiger charge is -2.08. The first kappa shape index (κ1) is 20.4. The Labute approximate surface area is 159 Å².